The minimum atomic E-state index is 0.613. The molecule has 1 aromatic heterocycles. The van der Waals surface area contributed by atoms with Gasteiger partial charge in [-0.3, -0.25) is 4.79 Å². The van der Waals surface area contributed by atoms with Crippen molar-refractivity contribution in [1.29, 1.82) is 0 Å². The van der Waals surface area contributed by atoms with Crippen molar-refractivity contribution in [2.45, 2.75) is 13.0 Å². The first-order chi connectivity index (χ1) is 7.61. The smallest absolute Gasteiger partial charge is 0.160 e. The summed E-state index contributed by atoms with van der Waals surface area (Å²) in [6.45, 7) is 4.44. The molecule has 1 aliphatic rings. The van der Waals surface area contributed by atoms with E-state index in [1.807, 2.05) is 6.07 Å². The minimum Gasteiger partial charge on any atom is -0.362 e. The highest BCUT2D eigenvalue weighted by Gasteiger charge is 2.31. The van der Waals surface area contributed by atoms with Gasteiger partial charge in [-0.15, -0.1) is 11.3 Å². The average molecular weight is 238 g/mol. The van der Waals surface area contributed by atoms with Crippen LogP contribution in [0.2, 0.25) is 0 Å². The third-order valence-corrected chi connectivity index (χ3v) is 4.35. The van der Waals surface area contributed by atoms with Crippen molar-refractivity contribution in [2.75, 3.05) is 32.1 Å². The van der Waals surface area contributed by atoms with Crippen molar-refractivity contribution >= 4 is 22.6 Å². The Kier molecular flexibility index (Phi) is 3.30. The van der Waals surface area contributed by atoms with E-state index in [1.165, 1.54) is 5.00 Å². The maximum Gasteiger partial charge on any atom is 0.160 e. The lowest BCUT2D eigenvalue weighted by Gasteiger charge is -2.22. The van der Waals surface area contributed by atoms with Gasteiger partial charge in [0.15, 0.2) is 6.29 Å². The second-order valence-electron chi connectivity index (χ2n) is 4.71. The molecule has 0 amide bonds. The second kappa shape index (κ2) is 4.55. The van der Waals surface area contributed by atoms with Gasteiger partial charge in [-0.2, -0.15) is 0 Å². The zero-order valence-electron chi connectivity index (χ0n) is 10.0. The third-order valence-electron chi connectivity index (χ3n) is 3.28. The molecular weight excluding hydrogens is 220 g/mol. The second-order valence-corrected chi connectivity index (χ2v) is 5.80. The number of nitrogens with zero attached hydrogens (tertiary/aromatic N) is 2. The molecule has 4 heteroatoms. The number of hydrogen-bond donors (Lipinski definition) is 0. The van der Waals surface area contributed by atoms with Crippen molar-refractivity contribution < 1.29 is 4.79 Å². The summed E-state index contributed by atoms with van der Waals surface area (Å²) >= 11 is 1.59. The highest BCUT2D eigenvalue weighted by atomic mass is 32.1. The first-order valence-corrected chi connectivity index (χ1v) is 6.40. The molecule has 1 aromatic rings. The van der Waals surface area contributed by atoms with Gasteiger partial charge in [-0.05, 0) is 32.1 Å². The van der Waals surface area contributed by atoms with E-state index in [1.54, 1.807) is 11.3 Å². The van der Waals surface area contributed by atoms with Crippen LogP contribution < -0.4 is 4.90 Å². The molecule has 0 N–H and O–H groups in total. The molecule has 2 rings (SSSR count). The number of anilines is 1. The molecule has 88 valence electrons. The number of thiophene rings is 1. The molecule has 1 aliphatic heterocycles. The number of carbonyl (C=O) groups is 1. The molecule has 0 saturated carbocycles. The largest absolute Gasteiger partial charge is 0.362 e. The summed E-state index contributed by atoms with van der Waals surface area (Å²) in [6.07, 6.45) is 0.928. The Labute approximate surface area is 101 Å². The van der Waals surface area contributed by atoms with Crippen LogP contribution in [0.5, 0.6) is 0 Å². The lowest BCUT2D eigenvalue weighted by molar-refractivity contribution is 0.112. The lowest BCUT2D eigenvalue weighted by atomic mass is 10.1. The molecule has 0 bridgehead atoms. The Balaban J connectivity index is 2.10. The maximum atomic E-state index is 10.7. The van der Waals surface area contributed by atoms with Crippen molar-refractivity contribution in [2.24, 2.45) is 5.92 Å². The van der Waals surface area contributed by atoms with Crippen LogP contribution in [0.25, 0.3) is 0 Å². The number of carbonyl (C=O) groups excluding carboxylic acids is 1. The SMILES string of the molecule is CC1CN(c2ccc(C=O)s2)CC1N(C)C. The standard InChI is InChI=1S/C12H18N2OS/c1-9-6-14(7-11(9)13(2)3)12-5-4-10(8-15)16-12/h4-5,8-9,11H,6-7H2,1-3H3. The van der Waals surface area contributed by atoms with Gasteiger partial charge in [-0.25, -0.2) is 0 Å². The van der Waals surface area contributed by atoms with Gasteiger partial charge < -0.3 is 9.80 Å². The van der Waals surface area contributed by atoms with Crippen LogP contribution in [-0.2, 0) is 0 Å². The van der Waals surface area contributed by atoms with E-state index in [4.69, 9.17) is 0 Å². The zero-order valence-corrected chi connectivity index (χ0v) is 10.8. The molecular formula is C12H18N2OS. The van der Waals surface area contributed by atoms with E-state index < -0.39 is 0 Å². The summed E-state index contributed by atoms with van der Waals surface area (Å²) in [4.78, 5) is 16.1. The Hall–Kier alpha value is -0.870. The van der Waals surface area contributed by atoms with Gasteiger partial charge in [0.05, 0.1) is 9.88 Å². The van der Waals surface area contributed by atoms with Crippen LogP contribution in [0, 0.1) is 5.92 Å². The summed E-state index contributed by atoms with van der Waals surface area (Å²) in [5.41, 5.74) is 0. The van der Waals surface area contributed by atoms with E-state index in [-0.39, 0.29) is 0 Å². The molecule has 0 radical (unpaired) electrons. The Bertz CT molecular complexity index is 375. The van der Waals surface area contributed by atoms with Crippen LogP contribution in [0.15, 0.2) is 12.1 Å². The van der Waals surface area contributed by atoms with E-state index >= 15 is 0 Å². The van der Waals surface area contributed by atoms with Crippen LogP contribution in [-0.4, -0.2) is 44.4 Å². The molecule has 1 saturated heterocycles. The number of rotatable bonds is 3. The Morgan fingerprint density at radius 1 is 1.44 bits per heavy atom. The monoisotopic (exact) mass is 238 g/mol. The van der Waals surface area contributed by atoms with E-state index in [0.717, 1.165) is 24.3 Å². The molecule has 16 heavy (non-hydrogen) atoms. The van der Waals surface area contributed by atoms with E-state index in [9.17, 15) is 4.79 Å². The minimum absolute atomic E-state index is 0.613. The normalized spacial score (nSPS) is 25.4. The zero-order chi connectivity index (χ0) is 11.7. The molecule has 2 unspecified atom stereocenters. The maximum absolute atomic E-state index is 10.7. The van der Waals surface area contributed by atoms with Gasteiger partial charge in [0.25, 0.3) is 0 Å². The first-order valence-electron chi connectivity index (χ1n) is 5.58. The van der Waals surface area contributed by atoms with E-state index in [0.29, 0.717) is 12.0 Å². The van der Waals surface area contributed by atoms with E-state index in [2.05, 4.69) is 36.9 Å². The van der Waals surface area contributed by atoms with Gasteiger partial charge in [0, 0.05) is 19.1 Å². The molecule has 0 spiro atoms. The fourth-order valence-corrected chi connectivity index (χ4v) is 3.22. The van der Waals surface area contributed by atoms with Crippen LogP contribution >= 0.6 is 11.3 Å². The summed E-state index contributed by atoms with van der Waals surface area (Å²) < 4.78 is 0. The molecule has 1 fully saturated rings. The predicted octanol–water partition coefficient (Wildman–Crippen LogP) is 1.95. The van der Waals surface area contributed by atoms with Crippen LogP contribution in [0.3, 0.4) is 0 Å². The van der Waals surface area contributed by atoms with Crippen molar-refractivity contribution in [3.05, 3.63) is 17.0 Å². The summed E-state index contributed by atoms with van der Waals surface area (Å²) in [5, 5.41) is 1.22. The molecule has 2 atom stereocenters. The van der Waals surface area contributed by atoms with Gasteiger partial charge in [0.2, 0.25) is 0 Å². The molecule has 0 aliphatic carbocycles. The van der Waals surface area contributed by atoms with Crippen LogP contribution in [0.4, 0.5) is 5.00 Å². The summed E-state index contributed by atoms with van der Waals surface area (Å²) in [5.74, 6) is 0.678. The number of aldehydes is 1. The molecule has 3 nitrogen and oxygen atoms in total. The highest BCUT2D eigenvalue weighted by Crippen LogP contribution is 2.31. The van der Waals surface area contributed by atoms with Crippen molar-refractivity contribution in [3.8, 4) is 0 Å². The van der Waals surface area contributed by atoms with Crippen molar-refractivity contribution in [1.82, 2.24) is 4.90 Å². The highest BCUT2D eigenvalue weighted by molar-refractivity contribution is 7.17. The van der Waals surface area contributed by atoms with Crippen molar-refractivity contribution in [3.63, 3.8) is 0 Å². The Morgan fingerprint density at radius 2 is 2.19 bits per heavy atom. The number of hydrogen-bond acceptors (Lipinski definition) is 4. The third kappa shape index (κ3) is 2.13. The van der Waals surface area contributed by atoms with Gasteiger partial charge >= 0.3 is 0 Å². The Morgan fingerprint density at radius 3 is 2.69 bits per heavy atom. The topological polar surface area (TPSA) is 23.6 Å². The van der Waals surface area contributed by atoms with Gasteiger partial charge in [-0.1, -0.05) is 6.92 Å². The van der Waals surface area contributed by atoms with Gasteiger partial charge in [0.1, 0.15) is 0 Å². The lowest BCUT2D eigenvalue weighted by Crippen LogP contribution is -2.34. The fourth-order valence-electron chi connectivity index (χ4n) is 2.38. The quantitative estimate of drug-likeness (QED) is 0.752. The summed E-state index contributed by atoms with van der Waals surface area (Å²) in [6, 6.07) is 4.57. The predicted molar refractivity (Wildman–Crippen MR) is 68.6 cm³/mol. The fraction of sp³-hybridized carbons (Fsp3) is 0.583. The average Bonchev–Trinajstić information content (AvgIpc) is 2.83. The number of likely N-dealkylation sites (N-methyl/N-ethyl adjacent to an activating group) is 1. The first kappa shape index (κ1) is 11.6. The molecule has 0 aromatic carbocycles. The summed E-state index contributed by atoms with van der Waals surface area (Å²) in [7, 11) is 4.27. The van der Waals surface area contributed by atoms with Crippen LogP contribution in [0.1, 0.15) is 16.6 Å². The molecule has 2 heterocycles.